The van der Waals surface area contributed by atoms with E-state index in [4.69, 9.17) is 5.11 Å². The first kappa shape index (κ1) is 15.6. The van der Waals surface area contributed by atoms with Gasteiger partial charge in [-0.2, -0.15) is 4.31 Å². The molecular weight excluding hydrogens is 344 g/mol. The Hall–Kier alpha value is -0.480. The van der Waals surface area contributed by atoms with Crippen LogP contribution in [0.5, 0.6) is 0 Å². The van der Waals surface area contributed by atoms with E-state index in [0.29, 0.717) is 16.9 Å². The SMILES string of the molecule is CNCCN(C)S(=O)(=O)c1cc(C(=O)O)sc1Br. The number of carboxylic acid groups (broad SMARTS) is 1. The van der Waals surface area contributed by atoms with Crippen molar-refractivity contribution in [2.75, 3.05) is 27.2 Å². The third kappa shape index (κ3) is 3.29. The Balaban J connectivity index is 3.08. The molecule has 0 fully saturated rings. The van der Waals surface area contributed by atoms with Crippen LogP contribution < -0.4 is 5.32 Å². The number of nitrogens with one attached hydrogen (secondary N) is 1. The Morgan fingerprint density at radius 1 is 1.61 bits per heavy atom. The molecule has 0 unspecified atom stereocenters. The van der Waals surface area contributed by atoms with E-state index >= 15 is 0 Å². The number of halogens is 1. The van der Waals surface area contributed by atoms with Crippen molar-refractivity contribution in [3.05, 3.63) is 14.7 Å². The number of aromatic carboxylic acids is 1. The summed E-state index contributed by atoms with van der Waals surface area (Å²) in [5.74, 6) is -1.14. The number of thiophene rings is 1. The molecule has 1 aromatic heterocycles. The smallest absolute Gasteiger partial charge is 0.345 e. The normalized spacial score (nSPS) is 12.0. The van der Waals surface area contributed by atoms with E-state index < -0.39 is 16.0 Å². The number of hydrogen-bond acceptors (Lipinski definition) is 5. The van der Waals surface area contributed by atoms with Crippen LogP contribution in [0.1, 0.15) is 9.67 Å². The molecule has 0 aliphatic carbocycles. The zero-order valence-corrected chi connectivity index (χ0v) is 13.0. The standard InChI is InChI=1S/C9H13BrN2O4S2/c1-11-3-4-12(2)18(15,16)7-5-6(9(13)14)17-8(7)10/h5,11H,3-4H2,1-2H3,(H,13,14). The minimum absolute atomic E-state index is 0.0106. The van der Waals surface area contributed by atoms with Gasteiger partial charge in [0.15, 0.2) is 0 Å². The predicted octanol–water partition coefficient (Wildman–Crippen LogP) is 1.05. The highest BCUT2D eigenvalue weighted by Gasteiger charge is 2.26. The van der Waals surface area contributed by atoms with Crippen molar-refractivity contribution in [2.45, 2.75) is 4.90 Å². The summed E-state index contributed by atoms with van der Waals surface area (Å²) in [5.41, 5.74) is 0. The second-order valence-corrected chi connectivity index (χ2v) is 7.87. The van der Waals surface area contributed by atoms with Gasteiger partial charge in [0.05, 0.1) is 3.79 Å². The first-order valence-corrected chi connectivity index (χ1v) is 7.99. The number of likely N-dealkylation sites (N-methyl/N-ethyl adjacent to an activating group) is 2. The van der Waals surface area contributed by atoms with Crippen LogP contribution in [0.4, 0.5) is 0 Å². The number of nitrogens with zero attached hydrogens (tertiary/aromatic N) is 1. The van der Waals surface area contributed by atoms with Gasteiger partial charge in [-0.15, -0.1) is 11.3 Å². The highest BCUT2D eigenvalue weighted by atomic mass is 79.9. The first-order valence-electron chi connectivity index (χ1n) is 4.94. The van der Waals surface area contributed by atoms with Crippen molar-refractivity contribution in [3.8, 4) is 0 Å². The van der Waals surface area contributed by atoms with Crippen molar-refractivity contribution in [2.24, 2.45) is 0 Å². The van der Waals surface area contributed by atoms with Crippen LogP contribution in [0.25, 0.3) is 0 Å². The Kier molecular flexibility index (Phi) is 5.29. The van der Waals surface area contributed by atoms with Crippen LogP contribution >= 0.6 is 27.3 Å². The summed E-state index contributed by atoms with van der Waals surface area (Å²) in [6.45, 7) is 0.826. The number of carbonyl (C=O) groups is 1. The maximum absolute atomic E-state index is 12.2. The Morgan fingerprint density at radius 3 is 2.67 bits per heavy atom. The summed E-state index contributed by atoms with van der Waals surface area (Å²) < 4.78 is 25.8. The minimum atomic E-state index is -3.66. The molecule has 0 spiro atoms. The predicted molar refractivity (Wildman–Crippen MR) is 72.7 cm³/mol. The third-order valence-electron chi connectivity index (χ3n) is 2.23. The molecule has 0 aliphatic heterocycles. The van der Waals surface area contributed by atoms with Crippen molar-refractivity contribution in [1.29, 1.82) is 0 Å². The number of rotatable bonds is 6. The van der Waals surface area contributed by atoms with Gasteiger partial charge in [-0.05, 0) is 29.0 Å². The molecule has 0 aliphatic rings. The van der Waals surface area contributed by atoms with Gasteiger partial charge in [0.25, 0.3) is 0 Å². The summed E-state index contributed by atoms with van der Waals surface area (Å²) in [7, 11) is -0.480. The lowest BCUT2D eigenvalue weighted by molar-refractivity contribution is 0.0702. The molecule has 0 aromatic carbocycles. The Bertz CT molecular complexity index is 541. The summed E-state index contributed by atoms with van der Waals surface area (Å²) in [5, 5.41) is 11.7. The molecule has 1 rings (SSSR count). The fourth-order valence-corrected chi connectivity index (χ4v) is 4.71. The lowest BCUT2D eigenvalue weighted by Crippen LogP contribution is -2.32. The number of hydrogen-bond donors (Lipinski definition) is 2. The lowest BCUT2D eigenvalue weighted by Gasteiger charge is -2.16. The van der Waals surface area contributed by atoms with Gasteiger partial charge >= 0.3 is 5.97 Å². The Morgan fingerprint density at radius 2 is 2.22 bits per heavy atom. The fraction of sp³-hybridized carbons (Fsp3) is 0.444. The van der Waals surface area contributed by atoms with Crippen LogP contribution in [0, 0.1) is 0 Å². The molecule has 0 bridgehead atoms. The van der Waals surface area contributed by atoms with Crippen molar-refractivity contribution >= 4 is 43.3 Å². The maximum Gasteiger partial charge on any atom is 0.345 e. The largest absolute Gasteiger partial charge is 0.477 e. The van der Waals surface area contributed by atoms with E-state index in [0.717, 1.165) is 11.3 Å². The molecule has 18 heavy (non-hydrogen) atoms. The van der Waals surface area contributed by atoms with Gasteiger partial charge in [0.1, 0.15) is 9.77 Å². The van der Waals surface area contributed by atoms with E-state index in [1.807, 2.05) is 0 Å². The van der Waals surface area contributed by atoms with Gasteiger partial charge < -0.3 is 10.4 Å². The van der Waals surface area contributed by atoms with E-state index in [2.05, 4.69) is 21.2 Å². The van der Waals surface area contributed by atoms with Gasteiger partial charge in [0.2, 0.25) is 10.0 Å². The van der Waals surface area contributed by atoms with E-state index in [1.165, 1.54) is 17.4 Å². The highest BCUT2D eigenvalue weighted by Crippen LogP contribution is 2.33. The fourth-order valence-electron chi connectivity index (χ4n) is 1.19. The lowest BCUT2D eigenvalue weighted by atomic mass is 10.5. The molecular formula is C9H13BrN2O4S2. The number of sulfonamides is 1. The summed E-state index contributed by atoms with van der Waals surface area (Å²) in [6, 6.07) is 1.17. The third-order valence-corrected chi connectivity index (χ3v) is 6.33. The first-order chi connectivity index (χ1) is 8.30. The van der Waals surface area contributed by atoms with Crippen LogP contribution in [-0.2, 0) is 10.0 Å². The molecule has 0 amide bonds. The molecule has 2 N–H and O–H groups in total. The second-order valence-electron chi connectivity index (χ2n) is 3.48. The van der Waals surface area contributed by atoms with Gasteiger partial charge in [-0.3, -0.25) is 0 Å². The van der Waals surface area contributed by atoms with Crippen LogP contribution in [0.3, 0.4) is 0 Å². The average molecular weight is 357 g/mol. The topological polar surface area (TPSA) is 86.7 Å². The molecule has 6 nitrogen and oxygen atoms in total. The molecule has 1 heterocycles. The summed E-state index contributed by atoms with van der Waals surface area (Å²) >= 11 is 3.98. The molecule has 9 heteroatoms. The van der Waals surface area contributed by atoms with Crippen LogP contribution in [-0.4, -0.2) is 51.0 Å². The molecule has 102 valence electrons. The van der Waals surface area contributed by atoms with Crippen LogP contribution in [0.15, 0.2) is 14.7 Å². The second kappa shape index (κ2) is 6.11. The quantitative estimate of drug-likeness (QED) is 0.795. The van der Waals surface area contributed by atoms with Gasteiger partial charge in [-0.25, -0.2) is 13.2 Å². The average Bonchev–Trinajstić information content (AvgIpc) is 2.68. The van der Waals surface area contributed by atoms with E-state index in [-0.39, 0.29) is 9.77 Å². The van der Waals surface area contributed by atoms with Crippen LogP contribution in [0.2, 0.25) is 0 Å². The van der Waals surface area contributed by atoms with Crippen molar-refractivity contribution < 1.29 is 18.3 Å². The number of carboxylic acids is 1. The van der Waals surface area contributed by atoms with Crippen molar-refractivity contribution in [1.82, 2.24) is 9.62 Å². The molecule has 0 radical (unpaired) electrons. The van der Waals surface area contributed by atoms with Crippen molar-refractivity contribution in [3.63, 3.8) is 0 Å². The van der Waals surface area contributed by atoms with Gasteiger partial charge in [0, 0.05) is 20.1 Å². The summed E-state index contributed by atoms with van der Waals surface area (Å²) in [6.07, 6.45) is 0. The van der Waals surface area contributed by atoms with Gasteiger partial charge in [-0.1, -0.05) is 0 Å². The molecule has 0 saturated carbocycles. The van der Waals surface area contributed by atoms with E-state index in [1.54, 1.807) is 7.05 Å². The maximum atomic E-state index is 12.2. The summed E-state index contributed by atoms with van der Waals surface area (Å²) in [4.78, 5) is 10.8. The zero-order valence-electron chi connectivity index (χ0n) is 9.81. The molecule has 0 atom stereocenters. The monoisotopic (exact) mass is 356 g/mol. The van der Waals surface area contributed by atoms with E-state index in [9.17, 15) is 13.2 Å². The molecule has 0 saturated heterocycles. The Labute approximate surface area is 118 Å². The zero-order chi connectivity index (χ0) is 13.9. The highest BCUT2D eigenvalue weighted by molar-refractivity contribution is 9.11. The minimum Gasteiger partial charge on any atom is -0.477 e. The molecule has 1 aromatic rings.